The summed E-state index contributed by atoms with van der Waals surface area (Å²) in [5.41, 5.74) is 0.426. The van der Waals surface area contributed by atoms with Gasteiger partial charge in [0.1, 0.15) is 5.75 Å². The van der Waals surface area contributed by atoms with Crippen LogP contribution in [0.25, 0.3) is 0 Å². The van der Waals surface area contributed by atoms with Crippen LogP contribution < -0.4 is 0 Å². The highest BCUT2D eigenvalue weighted by atomic mass is 32.2. The van der Waals surface area contributed by atoms with Crippen molar-refractivity contribution in [1.29, 1.82) is 0 Å². The number of nitrogens with zero attached hydrogens (tertiary/aromatic N) is 1. The van der Waals surface area contributed by atoms with Crippen LogP contribution in [0.4, 0.5) is 8.78 Å². The summed E-state index contributed by atoms with van der Waals surface area (Å²) in [4.78, 5) is 13.5. The second kappa shape index (κ2) is 7.47. The van der Waals surface area contributed by atoms with E-state index >= 15 is 0 Å². The summed E-state index contributed by atoms with van der Waals surface area (Å²) in [6.45, 7) is 6.46. The molecule has 0 aliphatic heterocycles. The second-order valence-electron chi connectivity index (χ2n) is 4.41. The maximum Gasteiger partial charge on any atom is 0.235 e. The van der Waals surface area contributed by atoms with Gasteiger partial charge in [-0.2, -0.15) is 0 Å². The Hall–Kier alpha value is -1.30. The first-order valence-corrected chi connectivity index (χ1v) is 7.88. The number of rotatable bonds is 6. The minimum Gasteiger partial charge on any atom is -0.342 e. The van der Waals surface area contributed by atoms with Gasteiger partial charge in [-0.05, 0) is 38.5 Å². The first kappa shape index (κ1) is 16.8. The number of amides is 1. The monoisotopic (exact) mass is 303 g/mol. The fraction of sp³-hybridized carbons (Fsp3) is 0.500. The molecular weight excluding hydrogens is 284 g/mol. The van der Waals surface area contributed by atoms with E-state index < -0.39 is 27.7 Å². The van der Waals surface area contributed by atoms with Gasteiger partial charge in [0.05, 0.1) is 5.25 Å². The van der Waals surface area contributed by atoms with E-state index in [1.807, 2.05) is 13.8 Å². The Morgan fingerprint density at radius 1 is 1.25 bits per heavy atom. The van der Waals surface area contributed by atoms with Crippen LogP contribution in [-0.4, -0.2) is 33.9 Å². The lowest BCUT2D eigenvalue weighted by Crippen LogP contribution is -2.34. The molecule has 0 aliphatic carbocycles. The SMILES string of the molecule is CCN(CC)C(=O)C[S@](=O)[C@H](C)c1ccc(F)c(F)c1. The first-order chi connectivity index (χ1) is 9.40. The molecule has 1 aromatic carbocycles. The number of halogens is 2. The molecule has 0 aliphatic rings. The molecule has 2 atom stereocenters. The summed E-state index contributed by atoms with van der Waals surface area (Å²) < 4.78 is 38.1. The van der Waals surface area contributed by atoms with Gasteiger partial charge in [-0.3, -0.25) is 9.00 Å². The topological polar surface area (TPSA) is 37.4 Å². The summed E-state index contributed by atoms with van der Waals surface area (Å²) in [6.07, 6.45) is 0. The van der Waals surface area contributed by atoms with Gasteiger partial charge in [-0.1, -0.05) is 6.07 Å². The largest absolute Gasteiger partial charge is 0.342 e. The van der Waals surface area contributed by atoms with E-state index in [0.29, 0.717) is 18.7 Å². The van der Waals surface area contributed by atoms with Gasteiger partial charge in [0.15, 0.2) is 11.6 Å². The average Bonchev–Trinajstić information content (AvgIpc) is 2.42. The molecule has 0 aromatic heterocycles. The molecule has 0 heterocycles. The minimum atomic E-state index is -1.46. The van der Waals surface area contributed by atoms with E-state index in [9.17, 15) is 17.8 Å². The Bertz CT molecular complexity index is 504. The van der Waals surface area contributed by atoms with Crippen molar-refractivity contribution < 1.29 is 17.8 Å². The van der Waals surface area contributed by atoms with Crippen LogP contribution in [0.15, 0.2) is 18.2 Å². The zero-order valence-electron chi connectivity index (χ0n) is 11.9. The predicted molar refractivity (Wildman–Crippen MR) is 75.7 cm³/mol. The second-order valence-corrected chi connectivity index (χ2v) is 6.16. The van der Waals surface area contributed by atoms with Gasteiger partial charge in [-0.25, -0.2) is 8.78 Å². The van der Waals surface area contributed by atoms with Gasteiger partial charge in [-0.15, -0.1) is 0 Å². The maximum absolute atomic E-state index is 13.2. The van der Waals surface area contributed by atoms with Crippen molar-refractivity contribution in [3.63, 3.8) is 0 Å². The van der Waals surface area contributed by atoms with Crippen LogP contribution >= 0.6 is 0 Å². The molecule has 0 saturated carbocycles. The van der Waals surface area contributed by atoms with E-state index in [1.165, 1.54) is 6.07 Å². The maximum atomic E-state index is 13.2. The van der Waals surface area contributed by atoms with Crippen molar-refractivity contribution in [2.75, 3.05) is 18.8 Å². The highest BCUT2D eigenvalue weighted by molar-refractivity contribution is 7.86. The van der Waals surface area contributed by atoms with E-state index in [-0.39, 0.29) is 11.7 Å². The summed E-state index contributed by atoms with van der Waals surface area (Å²) in [5, 5.41) is -0.524. The van der Waals surface area contributed by atoms with Crippen LogP contribution in [0.5, 0.6) is 0 Å². The molecule has 1 rings (SSSR count). The van der Waals surface area contributed by atoms with Gasteiger partial charge >= 0.3 is 0 Å². The zero-order chi connectivity index (χ0) is 15.3. The van der Waals surface area contributed by atoms with Crippen molar-refractivity contribution in [1.82, 2.24) is 4.90 Å². The Balaban J connectivity index is 2.76. The number of hydrogen-bond donors (Lipinski definition) is 0. The third-order valence-corrected chi connectivity index (χ3v) is 4.78. The molecule has 0 N–H and O–H groups in total. The van der Waals surface area contributed by atoms with E-state index in [2.05, 4.69) is 0 Å². The number of carbonyl (C=O) groups is 1. The lowest BCUT2D eigenvalue weighted by atomic mass is 10.1. The van der Waals surface area contributed by atoms with Gasteiger partial charge < -0.3 is 4.90 Å². The Morgan fingerprint density at radius 2 is 1.85 bits per heavy atom. The predicted octanol–water partition coefficient (Wildman–Crippen LogP) is 2.64. The molecule has 0 fully saturated rings. The number of carbonyl (C=O) groups excluding carboxylic acids is 1. The summed E-state index contributed by atoms with van der Waals surface area (Å²) in [5.74, 6) is -2.21. The molecular formula is C14H19F2NO2S. The molecule has 0 radical (unpaired) electrons. The quantitative estimate of drug-likeness (QED) is 0.810. The number of hydrogen-bond acceptors (Lipinski definition) is 2. The van der Waals surface area contributed by atoms with Crippen molar-refractivity contribution in [2.24, 2.45) is 0 Å². The molecule has 0 spiro atoms. The zero-order valence-corrected chi connectivity index (χ0v) is 12.7. The lowest BCUT2D eigenvalue weighted by Gasteiger charge is -2.19. The van der Waals surface area contributed by atoms with E-state index in [4.69, 9.17) is 0 Å². The molecule has 20 heavy (non-hydrogen) atoms. The third kappa shape index (κ3) is 4.10. The van der Waals surface area contributed by atoms with Crippen LogP contribution in [0.2, 0.25) is 0 Å². The molecule has 1 amide bonds. The smallest absolute Gasteiger partial charge is 0.235 e. The molecule has 3 nitrogen and oxygen atoms in total. The first-order valence-electron chi connectivity index (χ1n) is 6.50. The summed E-state index contributed by atoms with van der Waals surface area (Å²) in [7, 11) is -1.46. The molecule has 0 unspecified atom stereocenters. The molecule has 0 bridgehead atoms. The molecule has 6 heteroatoms. The van der Waals surface area contributed by atoms with Crippen LogP contribution in [-0.2, 0) is 15.6 Å². The van der Waals surface area contributed by atoms with Crippen molar-refractivity contribution in [3.8, 4) is 0 Å². The molecule has 0 saturated heterocycles. The fourth-order valence-electron chi connectivity index (χ4n) is 1.83. The highest BCUT2D eigenvalue weighted by Crippen LogP contribution is 2.21. The van der Waals surface area contributed by atoms with Gasteiger partial charge in [0.2, 0.25) is 5.91 Å². The van der Waals surface area contributed by atoms with Crippen molar-refractivity contribution in [2.45, 2.75) is 26.0 Å². The lowest BCUT2D eigenvalue weighted by molar-refractivity contribution is -0.128. The normalized spacial score (nSPS) is 13.8. The Labute approximate surface area is 120 Å². The van der Waals surface area contributed by atoms with Crippen LogP contribution in [0.3, 0.4) is 0 Å². The van der Waals surface area contributed by atoms with E-state index in [0.717, 1.165) is 12.1 Å². The van der Waals surface area contributed by atoms with Crippen molar-refractivity contribution >= 4 is 16.7 Å². The highest BCUT2D eigenvalue weighted by Gasteiger charge is 2.20. The van der Waals surface area contributed by atoms with Crippen molar-refractivity contribution in [3.05, 3.63) is 35.4 Å². The minimum absolute atomic E-state index is 0.109. The van der Waals surface area contributed by atoms with Gasteiger partial charge in [0, 0.05) is 23.9 Å². The van der Waals surface area contributed by atoms with Crippen LogP contribution in [0.1, 0.15) is 31.6 Å². The number of benzene rings is 1. The summed E-state index contributed by atoms with van der Waals surface area (Å²) in [6, 6.07) is 3.42. The van der Waals surface area contributed by atoms with Crippen LogP contribution in [0, 0.1) is 11.6 Å². The van der Waals surface area contributed by atoms with E-state index in [1.54, 1.807) is 11.8 Å². The summed E-state index contributed by atoms with van der Waals surface area (Å²) >= 11 is 0. The van der Waals surface area contributed by atoms with Gasteiger partial charge in [0.25, 0.3) is 0 Å². The molecule has 1 aromatic rings. The Kier molecular flexibility index (Phi) is 6.26. The third-order valence-electron chi connectivity index (χ3n) is 3.19. The fourth-order valence-corrected chi connectivity index (χ4v) is 2.96. The average molecular weight is 303 g/mol. The standard InChI is InChI=1S/C14H19F2NO2S/c1-4-17(5-2)14(18)9-20(19)10(3)11-6-7-12(15)13(16)8-11/h6-8,10H,4-5,9H2,1-3H3/t10-,20+/m1/s1. The molecule has 112 valence electrons. The Morgan fingerprint density at radius 3 is 2.35 bits per heavy atom.